The van der Waals surface area contributed by atoms with Gasteiger partial charge in [0.05, 0.1) is 5.75 Å². The number of rotatable bonds is 8. The quantitative estimate of drug-likeness (QED) is 0.758. The van der Waals surface area contributed by atoms with Crippen LogP contribution in [0.1, 0.15) is 24.7 Å². The van der Waals surface area contributed by atoms with Gasteiger partial charge in [0.15, 0.2) is 5.16 Å². The molecule has 0 bridgehead atoms. The van der Waals surface area contributed by atoms with E-state index in [1.807, 2.05) is 36.7 Å². The number of nitrogens with one attached hydrogen (secondary N) is 1. The normalized spacial score (nSPS) is 10.6. The van der Waals surface area contributed by atoms with Crippen LogP contribution >= 0.6 is 11.8 Å². The van der Waals surface area contributed by atoms with Crippen LogP contribution in [0.15, 0.2) is 35.5 Å². The second-order valence-electron chi connectivity index (χ2n) is 5.08. The molecule has 0 saturated carbocycles. The maximum Gasteiger partial charge on any atom is 0.230 e. The van der Waals surface area contributed by atoms with Gasteiger partial charge in [-0.15, -0.1) is 10.2 Å². The molecule has 118 valence electrons. The first kappa shape index (κ1) is 16.5. The summed E-state index contributed by atoms with van der Waals surface area (Å²) in [5.74, 6) is 1.37. The van der Waals surface area contributed by atoms with E-state index in [0.717, 1.165) is 36.8 Å². The van der Waals surface area contributed by atoms with Gasteiger partial charge in [-0.2, -0.15) is 0 Å². The van der Waals surface area contributed by atoms with Crippen molar-refractivity contribution in [2.45, 2.75) is 31.3 Å². The Kier molecular flexibility index (Phi) is 6.45. The van der Waals surface area contributed by atoms with Crippen molar-refractivity contribution >= 4 is 17.7 Å². The second kappa shape index (κ2) is 8.58. The summed E-state index contributed by atoms with van der Waals surface area (Å²) in [6.07, 6.45) is 2.73. The predicted molar refractivity (Wildman–Crippen MR) is 88.9 cm³/mol. The molecule has 5 nitrogen and oxygen atoms in total. The van der Waals surface area contributed by atoms with Gasteiger partial charge < -0.3 is 9.88 Å². The van der Waals surface area contributed by atoms with E-state index < -0.39 is 0 Å². The minimum Gasteiger partial charge on any atom is -0.355 e. The van der Waals surface area contributed by atoms with Crippen LogP contribution in [0.5, 0.6) is 0 Å². The van der Waals surface area contributed by atoms with Gasteiger partial charge in [0.25, 0.3) is 0 Å². The molecule has 0 aliphatic rings. The molecule has 0 radical (unpaired) electrons. The van der Waals surface area contributed by atoms with Crippen molar-refractivity contribution in [1.29, 1.82) is 0 Å². The fourth-order valence-electron chi connectivity index (χ4n) is 2.03. The fourth-order valence-corrected chi connectivity index (χ4v) is 2.79. The third kappa shape index (κ3) is 4.87. The van der Waals surface area contributed by atoms with Crippen molar-refractivity contribution in [3.8, 4) is 0 Å². The lowest BCUT2D eigenvalue weighted by Gasteiger charge is -2.05. The number of aromatic nitrogens is 3. The number of benzene rings is 1. The number of hydrogen-bond acceptors (Lipinski definition) is 4. The Balaban J connectivity index is 1.85. The minimum absolute atomic E-state index is 0.0423. The van der Waals surface area contributed by atoms with E-state index in [-0.39, 0.29) is 5.91 Å². The molecule has 2 rings (SSSR count). The number of aryl methyl sites for hydroxylation is 2. The van der Waals surface area contributed by atoms with Gasteiger partial charge in [-0.25, -0.2) is 0 Å². The monoisotopic (exact) mass is 318 g/mol. The zero-order chi connectivity index (χ0) is 15.8. The van der Waals surface area contributed by atoms with Gasteiger partial charge in [0.2, 0.25) is 5.91 Å². The van der Waals surface area contributed by atoms with Crippen molar-refractivity contribution < 1.29 is 4.79 Å². The van der Waals surface area contributed by atoms with Crippen LogP contribution in [-0.2, 0) is 24.7 Å². The van der Waals surface area contributed by atoms with Crippen molar-refractivity contribution in [3.05, 3.63) is 41.7 Å². The Morgan fingerprint density at radius 1 is 1.23 bits per heavy atom. The van der Waals surface area contributed by atoms with Crippen molar-refractivity contribution in [1.82, 2.24) is 20.1 Å². The molecule has 1 heterocycles. The molecule has 1 aromatic heterocycles. The smallest absolute Gasteiger partial charge is 0.230 e. The van der Waals surface area contributed by atoms with Crippen molar-refractivity contribution in [3.63, 3.8) is 0 Å². The Labute approximate surface area is 135 Å². The maximum atomic E-state index is 11.6. The second-order valence-corrected chi connectivity index (χ2v) is 6.02. The highest BCUT2D eigenvalue weighted by Crippen LogP contribution is 2.16. The largest absolute Gasteiger partial charge is 0.355 e. The van der Waals surface area contributed by atoms with E-state index in [1.54, 1.807) is 0 Å². The van der Waals surface area contributed by atoms with Crippen LogP contribution < -0.4 is 5.32 Å². The van der Waals surface area contributed by atoms with Crippen LogP contribution in [0.4, 0.5) is 0 Å². The van der Waals surface area contributed by atoms with Crippen molar-refractivity contribution in [2.24, 2.45) is 7.05 Å². The Morgan fingerprint density at radius 2 is 2.00 bits per heavy atom. The lowest BCUT2D eigenvalue weighted by molar-refractivity contribution is -0.118. The molecule has 6 heteroatoms. The first-order valence-electron chi connectivity index (χ1n) is 7.52. The van der Waals surface area contributed by atoms with Gasteiger partial charge in [-0.1, -0.05) is 49.0 Å². The highest BCUT2D eigenvalue weighted by molar-refractivity contribution is 7.99. The van der Waals surface area contributed by atoms with E-state index >= 15 is 0 Å². The number of nitrogens with zero attached hydrogens (tertiary/aromatic N) is 3. The topological polar surface area (TPSA) is 59.8 Å². The summed E-state index contributed by atoms with van der Waals surface area (Å²) in [6.45, 7) is 2.76. The summed E-state index contributed by atoms with van der Waals surface area (Å²) in [5, 5.41) is 12.1. The average molecular weight is 318 g/mol. The maximum absolute atomic E-state index is 11.6. The molecule has 22 heavy (non-hydrogen) atoms. The third-order valence-electron chi connectivity index (χ3n) is 3.31. The Hall–Kier alpha value is -1.82. The molecular weight excluding hydrogens is 296 g/mol. The Bertz CT molecular complexity index is 597. The van der Waals surface area contributed by atoms with Gasteiger partial charge >= 0.3 is 0 Å². The van der Waals surface area contributed by atoms with Gasteiger partial charge in [-0.3, -0.25) is 4.79 Å². The fraction of sp³-hybridized carbons (Fsp3) is 0.438. The molecule has 1 amide bonds. The molecule has 0 fully saturated rings. The summed E-state index contributed by atoms with van der Waals surface area (Å²) in [6, 6.07) is 10.3. The molecule has 0 saturated heterocycles. The summed E-state index contributed by atoms with van der Waals surface area (Å²) in [7, 11) is 1.95. The van der Waals surface area contributed by atoms with Crippen LogP contribution in [0.2, 0.25) is 0 Å². The summed E-state index contributed by atoms with van der Waals surface area (Å²) in [5.41, 5.74) is 1.29. The first-order valence-corrected chi connectivity index (χ1v) is 8.51. The predicted octanol–water partition coefficient (Wildman–Crippen LogP) is 2.22. The highest BCUT2D eigenvalue weighted by atomic mass is 32.2. The van der Waals surface area contributed by atoms with E-state index in [2.05, 4.69) is 27.6 Å². The summed E-state index contributed by atoms with van der Waals surface area (Å²) in [4.78, 5) is 11.6. The Morgan fingerprint density at radius 3 is 2.73 bits per heavy atom. The molecule has 0 aliphatic carbocycles. The number of carbonyl (C=O) groups excluding carboxylic acids is 1. The third-order valence-corrected chi connectivity index (χ3v) is 4.33. The van der Waals surface area contributed by atoms with Crippen LogP contribution in [-0.4, -0.2) is 33.0 Å². The van der Waals surface area contributed by atoms with Gasteiger partial charge in [0, 0.05) is 20.0 Å². The van der Waals surface area contributed by atoms with Gasteiger partial charge in [0.1, 0.15) is 5.82 Å². The van der Waals surface area contributed by atoms with E-state index in [4.69, 9.17) is 0 Å². The van der Waals surface area contributed by atoms with E-state index in [1.165, 1.54) is 17.3 Å². The molecule has 1 aromatic carbocycles. The lowest BCUT2D eigenvalue weighted by Crippen LogP contribution is -2.25. The van der Waals surface area contributed by atoms with Crippen LogP contribution in [0.25, 0.3) is 0 Å². The molecule has 0 spiro atoms. The molecule has 0 atom stereocenters. The van der Waals surface area contributed by atoms with Crippen LogP contribution in [0, 0.1) is 0 Å². The summed E-state index contributed by atoms with van der Waals surface area (Å²) >= 11 is 1.43. The molecule has 1 N–H and O–H groups in total. The molecule has 0 unspecified atom stereocenters. The zero-order valence-electron chi connectivity index (χ0n) is 13.1. The molecule has 2 aromatic rings. The summed E-state index contributed by atoms with van der Waals surface area (Å²) < 4.78 is 1.97. The highest BCUT2D eigenvalue weighted by Gasteiger charge is 2.11. The minimum atomic E-state index is 0.0423. The number of amides is 1. The molecule has 0 aliphatic heterocycles. The van der Waals surface area contributed by atoms with E-state index in [9.17, 15) is 4.79 Å². The number of carbonyl (C=O) groups is 1. The average Bonchev–Trinajstić information content (AvgIpc) is 2.90. The number of hydrogen-bond donors (Lipinski definition) is 1. The van der Waals surface area contributed by atoms with Crippen molar-refractivity contribution in [2.75, 3.05) is 12.3 Å². The first-order chi connectivity index (χ1) is 10.7. The lowest BCUT2D eigenvalue weighted by atomic mass is 10.1. The standard InChI is InChI=1S/C16H22N4OS/c1-3-11-17-15(21)12-22-16-19-18-14(20(16)2)10-9-13-7-5-4-6-8-13/h4-8H,3,9-12H2,1-2H3,(H,17,21). The number of thioether (sulfide) groups is 1. The van der Waals surface area contributed by atoms with Gasteiger partial charge in [-0.05, 0) is 18.4 Å². The van der Waals surface area contributed by atoms with Crippen LogP contribution in [0.3, 0.4) is 0 Å². The molecular formula is C16H22N4OS. The van der Waals surface area contributed by atoms with E-state index in [0.29, 0.717) is 5.75 Å². The SMILES string of the molecule is CCCNC(=O)CSc1nnc(CCc2ccccc2)n1C. The zero-order valence-corrected chi connectivity index (χ0v) is 13.9.